The number of carboxylic acid groups (broad SMARTS) is 1. The number of hydrogen-bond acceptors (Lipinski definition) is 11. The maximum atomic E-state index is 14.0. The summed E-state index contributed by atoms with van der Waals surface area (Å²) in [6, 6.07) is 8.95. The van der Waals surface area contributed by atoms with E-state index < -0.39 is 66.1 Å². The van der Waals surface area contributed by atoms with Crippen molar-refractivity contribution in [1.29, 1.82) is 0 Å². The Balaban J connectivity index is 1.64. The number of carboxylic acids is 1. The lowest BCUT2D eigenvalue weighted by molar-refractivity contribution is -0.141. The highest BCUT2D eigenvalue weighted by Crippen LogP contribution is 2.22. The Bertz CT molecular complexity index is 1950. The summed E-state index contributed by atoms with van der Waals surface area (Å²) in [6.45, 7) is 9.81. The predicted octanol–water partition coefficient (Wildman–Crippen LogP) is 0.165. The number of aliphatic carboxylic acids is 1. The number of aliphatic imine (C=N–C) groups is 2. The topological polar surface area (TPSA) is 336 Å². The molecule has 15 N–H and O–H groups in total. The second-order valence-electron chi connectivity index (χ2n) is 16.9. The summed E-state index contributed by atoms with van der Waals surface area (Å²) in [5.74, 6) is -3.83. The van der Waals surface area contributed by atoms with Crippen LogP contribution >= 0.6 is 0 Å². The number of guanidine groups is 2. The smallest absolute Gasteiger partial charge is 0.305 e. The highest BCUT2D eigenvalue weighted by molar-refractivity contribution is 5.96. The van der Waals surface area contributed by atoms with Crippen LogP contribution in [0.15, 0.2) is 52.4 Å². The Morgan fingerprint density at radius 3 is 1.98 bits per heavy atom. The highest BCUT2D eigenvalue weighted by atomic mass is 16.5. The summed E-state index contributed by atoms with van der Waals surface area (Å²) in [4.78, 5) is 89.6. The van der Waals surface area contributed by atoms with E-state index in [1.807, 2.05) is 63.2 Å². The first-order chi connectivity index (χ1) is 31.5. The summed E-state index contributed by atoms with van der Waals surface area (Å²) in [5, 5.41) is 22.6. The summed E-state index contributed by atoms with van der Waals surface area (Å²) in [6.07, 6.45) is 3.02. The molecule has 1 aliphatic heterocycles. The van der Waals surface area contributed by atoms with Gasteiger partial charge < -0.3 is 58.9 Å². The summed E-state index contributed by atoms with van der Waals surface area (Å²) in [5.41, 5.74) is 28.2. The molecule has 66 heavy (non-hydrogen) atoms. The number of carbonyl (C=O) groups is 6. The van der Waals surface area contributed by atoms with Gasteiger partial charge in [0.05, 0.1) is 12.5 Å². The fraction of sp³-hybridized carbons (Fsp3) is 0.600. The molecule has 1 aliphatic rings. The molecule has 0 saturated carbocycles. The molecule has 0 aliphatic carbocycles. The van der Waals surface area contributed by atoms with Gasteiger partial charge in [0, 0.05) is 39.3 Å². The normalized spacial score (nSPS) is 15.5. The Labute approximate surface area is 387 Å². The van der Waals surface area contributed by atoms with Crippen LogP contribution in [0, 0.1) is 17.8 Å². The van der Waals surface area contributed by atoms with Gasteiger partial charge in [0.25, 0.3) is 5.91 Å². The number of likely N-dealkylation sites (tertiary alicyclic amines) is 1. The van der Waals surface area contributed by atoms with E-state index in [4.69, 9.17) is 27.7 Å². The van der Waals surface area contributed by atoms with E-state index in [0.29, 0.717) is 51.2 Å². The van der Waals surface area contributed by atoms with E-state index in [1.54, 1.807) is 11.8 Å². The molecule has 1 fully saturated rings. The number of piperidine rings is 1. The van der Waals surface area contributed by atoms with Gasteiger partial charge in [0.2, 0.25) is 23.6 Å². The van der Waals surface area contributed by atoms with Gasteiger partial charge >= 0.3 is 5.97 Å². The average Bonchev–Trinajstić information content (AvgIpc) is 3.29. The Kier molecular flexibility index (Phi) is 23.5. The van der Waals surface area contributed by atoms with E-state index in [9.17, 15) is 33.9 Å². The minimum atomic E-state index is -1.59. The number of hydrazine groups is 1. The van der Waals surface area contributed by atoms with Crippen LogP contribution in [-0.4, -0.2) is 127 Å². The van der Waals surface area contributed by atoms with Gasteiger partial charge in [-0.1, -0.05) is 70.9 Å². The van der Waals surface area contributed by atoms with E-state index in [-0.39, 0.29) is 62.2 Å². The Morgan fingerprint density at radius 2 is 1.38 bits per heavy atom. The lowest BCUT2D eigenvalue weighted by Gasteiger charge is -2.32. The van der Waals surface area contributed by atoms with E-state index in [0.717, 1.165) is 30.0 Å². The molecular formula is C45H73N13O8. The molecule has 2 aromatic rings. The van der Waals surface area contributed by atoms with Gasteiger partial charge in [-0.15, -0.1) is 0 Å². The lowest BCUT2D eigenvalue weighted by Crippen LogP contribution is -2.60. The zero-order valence-corrected chi connectivity index (χ0v) is 38.9. The Morgan fingerprint density at radius 1 is 0.773 bits per heavy atom. The summed E-state index contributed by atoms with van der Waals surface area (Å²) < 4.78 is 5.83. The number of fused-ring (bicyclic) bond motifs is 1. The van der Waals surface area contributed by atoms with Gasteiger partial charge in [0.1, 0.15) is 23.9 Å². The van der Waals surface area contributed by atoms with Crippen LogP contribution in [-0.2, 0) is 28.8 Å². The van der Waals surface area contributed by atoms with E-state index >= 15 is 0 Å². The summed E-state index contributed by atoms with van der Waals surface area (Å²) >= 11 is 0. The number of ether oxygens (including phenoxy) is 1. The zero-order valence-electron chi connectivity index (χ0n) is 38.9. The molecule has 0 radical (unpaired) electrons. The monoisotopic (exact) mass is 924 g/mol. The molecular weight excluding hydrogens is 851 g/mol. The third-order valence-electron chi connectivity index (χ3n) is 11.7. The predicted molar refractivity (Wildman–Crippen MR) is 253 cm³/mol. The maximum absolute atomic E-state index is 14.0. The van der Waals surface area contributed by atoms with Crippen molar-refractivity contribution in [3.8, 4) is 5.75 Å². The van der Waals surface area contributed by atoms with Crippen molar-refractivity contribution in [3.63, 3.8) is 0 Å². The third-order valence-corrected chi connectivity index (χ3v) is 11.7. The van der Waals surface area contributed by atoms with Crippen molar-refractivity contribution in [2.45, 2.75) is 110 Å². The number of nitrogens with two attached hydrogens (primary N) is 4. The molecule has 0 unspecified atom stereocenters. The van der Waals surface area contributed by atoms with Crippen molar-refractivity contribution in [2.75, 3.05) is 45.9 Å². The van der Waals surface area contributed by atoms with E-state index in [2.05, 4.69) is 42.1 Å². The van der Waals surface area contributed by atoms with Gasteiger partial charge in [-0.2, -0.15) is 0 Å². The number of nitrogens with one attached hydrogen (secondary N) is 6. The number of nitrogens with zero attached hydrogens (tertiary/aromatic N) is 3. The van der Waals surface area contributed by atoms with Crippen LogP contribution < -0.4 is 59.8 Å². The molecule has 21 heteroatoms. The van der Waals surface area contributed by atoms with Crippen molar-refractivity contribution in [2.24, 2.45) is 50.7 Å². The number of benzene rings is 2. The van der Waals surface area contributed by atoms with Crippen LogP contribution in [0.25, 0.3) is 10.8 Å². The highest BCUT2D eigenvalue weighted by Gasteiger charge is 2.34. The number of rotatable bonds is 29. The van der Waals surface area contributed by atoms with Crippen LogP contribution in [0.4, 0.5) is 0 Å². The first-order valence-corrected chi connectivity index (χ1v) is 22.9. The van der Waals surface area contributed by atoms with Gasteiger partial charge in [-0.25, -0.2) is 5.43 Å². The third kappa shape index (κ3) is 19.5. The second-order valence-corrected chi connectivity index (χ2v) is 16.9. The quantitative estimate of drug-likeness (QED) is 0.0224. The molecule has 21 nitrogen and oxygen atoms in total. The van der Waals surface area contributed by atoms with Gasteiger partial charge in [-0.05, 0) is 79.2 Å². The minimum Gasteiger partial charge on any atom is -0.484 e. The average molecular weight is 924 g/mol. The van der Waals surface area contributed by atoms with Crippen LogP contribution in [0.3, 0.4) is 0 Å². The fourth-order valence-corrected chi connectivity index (χ4v) is 7.17. The SMILES string of the molecule is CC[C@H](C)CNC(=O)[C@H](CCCN=C(N)N)NC(=O)[C@H](CC(=O)O)NC(=O)[C@@H](NC(=O)[C@H](CCCN=C(N)N)NNCC1CCN(C(=O)COc2ccc3ccccc3c2)CC1)[C@@H](C)CC. The molecule has 366 valence electrons. The van der Waals surface area contributed by atoms with Gasteiger partial charge in [-0.3, -0.25) is 44.2 Å². The molecule has 5 amide bonds. The first-order valence-electron chi connectivity index (χ1n) is 22.9. The van der Waals surface area contributed by atoms with E-state index in [1.165, 1.54) is 0 Å². The fourth-order valence-electron chi connectivity index (χ4n) is 7.17. The standard InChI is InChI=1S/C45H73N13O8/c1-5-28(3)25-52-40(62)34(13-9-19-50-44(46)47)54-42(64)36(24-38(60)61)55-43(65)39(29(4)6-2)56-41(63)35(14-10-20-51-45(48)49)57-53-26-30-17-21-58(22-18-30)37(59)27-66-33-16-15-31-11-7-8-12-32(31)23-33/h7-8,11-12,15-16,23,28-30,34-36,39,53,57H,5-6,9-10,13-14,17-22,24-27H2,1-4H3,(H,52,62)(H,54,64)(H,55,65)(H,56,63)(H,60,61)(H4,46,47,50)(H4,48,49,51)/t28-,29-,34-,35-,36-,39-/m0/s1. The Hall–Kier alpha value is -6.22. The van der Waals surface area contributed by atoms with Crippen LogP contribution in [0.2, 0.25) is 0 Å². The molecule has 0 bridgehead atoms. The molecule has 6 atom stereocenters. The molecule has 1 heterocycles. The molecule has 0 aromatic heterocycles. The van der Waals surface area contributed by atoms with Crippen molar-refractivity contribution >= 4 is 58.2 Å². The lowest BCUT2D eigenvalue weighted by atomic mass is 9.96. The van der Waals surface area contributed by atoms with Gasteiger partial charge in [0.15, 0.2) is 18.5 Å². The number of carbonyl (C=O) groups excluding carboxylic acids is 5. The second kappa shape index (κ2) is 28.6. The minimum absolute atomic E-state index is 0.0663. The maximum Gasteiger partial charge on any atom is 0.305 e. The molecule has 1 saturated heterocycles. The van der Waals surface area contributed by atoms with Crippen molar-refractivity contribution in [1.82, 2.24) is 37.0 Å². The van der Waals surface area contributed by atoms with Crippen molar-refractivity contribution in [3.05, 3.63) is 42.5 Å². The van der Waals surface area contributed by atoms with Crippen LogP contribution in [0.1, 0.15) is 85.5 Å². The first kappa shape index (κ1) is 54.1. The molecule has 3 rings (SSSR count). The largest absolute Gasteiger partial charge is 0.484 e. The summed E-state index contributed by atoms with van der Waals surface area (Å²) in [7, 11) is 0. The molecule has 2 aromatic carbocycles. The van der Waals surface area contributed by atoms with Crippen LogP contribution in [0.5, 0.6) is 5.75 Å². The zero-order chi connectivity index (χ0) is 48.6. The number of hydrogen-bond donors (Lipinski definition) is 11. The number of amides is 5. The molecule has 0 spiro atoms. The van der Waals surface area contributed by atoms with Crippen molar-refractivity contribution < 1.29 is 38.6 Å².